The number of carbonyl (C=O) groups is 2. The molecule has 2 aromatic heterocycles. The van der Waals surface area contributed by atoms with E-state index in [0.717, 1.165) is 50.0 Å². The summed E-state index contributed by atoms with van der Waals surface area (Å²) in [6.07, 6.45) is 7.61. The molecule has 26 heavy (non-hydrogen) atoms. The first-order valence-corrected chi connectivity index (χ1v) is 9.32. The highest BCUT2D eigenvalue weighted by atomic mass is 16.2. The van der Waals surface area contributed by atoms with E-state index in [2.05, 4.69) is 25.1 Å². The summed E-state index contributed by atoms with van der Waals surface area (Å²) in [5.41, 5.74) is 2.28. The van der Waals surface area contributed by atoms with Crippen LogP contribution in [0.1, 0.15) is 47.6 Å². The molecule has 1 aliphatic carbocycles. The molecular weight excluding hydrogens is 332 g/mol. The summed E-state index contributed by atoms with van der Waals surface area (Å²) in [6, 6.07) is 1.70. The summed E-state index contributed by atoms with van der Waals surface area (Å²) in [5, 5.41) is 6.61. The van der Waals surface area contributed by atoms with E-state index in [-0.39, 0.29) is 23.3 Å². The first kappa shape index (κ1) is 15.6. The van der Waals surface area contributed by atoms with Gasteiger partial charge >= 0.3 is 0 Å². The van der Waals surface area contributed by atoms with E-state index >= 15 is 0 Å². The smallest absolute Gasteiger partial charge is 0.271 e. The summed E-state index contributed by atoms with van der Waals surface area (Å²) >= 11 is 0. The van der Waals surface area contributed by atoms with E-state index in [1.807, 2.05) is 4.90 Å². The summed E-state index contributed by atoms with van der Waals surface area (Å²) in [5.74, 6) is 0.430. The molecule has 0 aromatic carbocycles. The number of aromatic nitrogens is 4. The van der Waals surface area contributed by atoms with Crippen molar-refractivity contribution in [3.8, 4) is 0 Å². The van der Waals surface area contributed by atoms with Gasteiger partial charge in [0.2, 0.25) is 5.91 Å². The Morgan fingerprint density at radius 2 is 2.00 bits per heavy atom. The topological polar surface area (TPSA) is 98.0 Å². The van der Waals surface area contributed by atoms with Crippen LogP contribution in [0, 0.1) is 5.92 Å². The van der Waals surface area contributed by atoms with Crippen molar-refractivity contribution in [1.82, 2.24) is 30.0 Å². The first-order valence-electron chi connectivity index (χ1n) is 9.32. The number of amides is 2. The number of carbonyl (C=O) groups excluding carboxylic acids is 2. The summed E-state index contributed by atoms with van der Waals surface area (Å²) in [6.45, 7) is 1.95. The number of imidazole rings is 1. The van der Waals surface area contributed by atoms with E-state index in [4.69, 9.17) is 0 Å². The molecule has 8 heteroatoms. The van der Waals surface area contributed by atoms with E-state index < -0.39 is 0 Å². The Kier molecular flexibility index (Phi) is 3.41. The Labute approximate surface area is 151 Å². The average molecular weight is 354 g/mol. The molecule has 0 radical (unpaired) electrons. The fraction of sp³-hybridized carbons (Fsp3) is 0.556. The normalized spacial score (nSPS) is 21.7. The summed E-state index contributed by atoms with van der Waals surface area (Å²) < 4.78 is 0. The van der Waals surface area contributed by atoms with Gasteiger partial charge < -0.3 is 14.8 Å². The molecule has 4 heterocycles. The third kappa shape index (κ3) is 2.28. The van der Waals surface area contributed by atoms with Gasteiger partial charge in [0.25, 0.3) is 5.91 Å². The molecule has 8 nitrogen and oxygen atoms in total. The molecule has 5 rings (SSSR count). The summed E-state index contributed by atoms with van der Waals surface area (Å²) in [4.78, 5) is 37.3. The number of piperidine rings is 1. The van der Waals surface area contributed by atoms with Gasteiger partial charge in [0.05, 0.1) is 17.6 Å². The minimum absolute atomic E-state index is 0.0320. The molecule has 2 aromatic rings. The lowest BCUT2D eigenvalue weighted by Crippen LogP contribution is -2.59. The lowest BCUT2D eigenvalue weighted by atomic mass is 9.78. The molecule has 2 fully saturated rings. The van der Waals surface area contributed by atoms with Crippen LogP contribution in [-0.2, 0) is 16.8 Å². The molecule has 0 unspecified atom stereocenters. The number of aromatic amines is 2. The molecule has 2 aliphatic heterocycles. The zero-order valence-electron chi connectivity index (χ0n) is 14.6. The third-order valence-corrected chi connectivity index (χ3v) is 6.06. The fourth-order valence-electron chi connectivity index (χ4n) is 4.48. The van der Waals surface area contributed by atoms with Crippen molar-refractivity contribution < 1.29 is 9.59 Å². The van der Waals surface area contributed by atoms with E-state index in [0.29, 0.717) is 18.8 Å². The summed E-state index contributed by atoms with van der Waals surface area (Å²) in [7, 11) is 0. The number of hydrogen-bond acceptors (Lipinski definition) is 4. The van der Waals surface area contributed by atoms with Gasteiger partial charge in [-0.1, -0.05) is 0 Å². The molecule has 3 aliphatic rings. The Hall–Kier alpha value is -2.64. The molecule has 2 N–H and O–H groups in total. The molecular formula is C18H22N6O2. The molecule has 1 saturated heterocycles. The number of likely N-dealkylation sites (tertiary alicyclic amines) is 1. The third-order valence-electron chi connectivity index (χ3n) is 6.06. The van der Waals surface area contributed by atoms with Crippen molar-refractivity contribution >= 4 is 11.8 Å². The lowest BCUT2D eigenvalue weighted by Gasteiger charge is -2.50. The molecule has 1 spiro atoms. The maximum atomic E-state index is 13.0. The zero-order chi connectivity index (χ0) is 17.7. The highest BCUT2D eigenvalue weighted by Crippen LogP contribution is 2.45. The molecule has 2 amide bonds. The predicted molar refractivity (Wildman–Crippen MR) is 92.1 cm³/mol. The highest BCUT2D eigenvalue weighted by molar-refractivity contribution is 5.92. The molecule has 0 atom stereocenters. The minimum atomic E-state index is -0.377. The SMILES string of the molecule is O=C(c1ccn[nH]1)N1CCC2(CC1)c1nc[nH]c1CCN2C(=O)C1CC1. The Bertz CT molecular complexity index is 830. The van der Waals surface area contributed by atoms with Crippen LogP contribution in [0.15, 0.2) is 18.6 Å². The number of H-pyrrole nitrogens is 2. The largest absolute Gasteiger partial charge is 0.348 e. The van der Waals surface area contributed by atoms with Gasteiger partial charge in [-0.2, -0.15) is 5.10 Å². The van der Waals surface area contributed by atoms with Gasteiger partial charge in [-0.15, -0.1) is 0 Å². The van der Waals surface area contributed by atoms with Crippen LogP contribution in [-0.4, -0.2) is 61.4 Å². The average Bonchev–Trinajstić information content (AvgIpc) is 3.16. The quantitative estimate of drug-likeness (QED) is 0.842. The lowest BCUT2D eigenvalue weighted by molar-refractivity contribution is -0.143. The Balaban J connectivity index is 1.43. The van der Waals surface area contributed by atoms with Gasteiger partial charge in [0.1, 0.15) is 5.69 Å². The molecule has 1 saturated carbocycles. The minimum Gasteiger partial charge on any atom is -0.348 e. The number of nitrogens with one attached hydrogen (secondary N) is 2. The van der Waals surface area contributed by atoms with Crippen molar-refractivity contribution in [2.45, 2.75) is 37.6 Å². The van der Waals surface area contributed by atoms with Crippen LogP contribution >= 0.6 is 0 Å². The first-order chi connectivity index (χ1) is 12.7. The van der Waals surface area contributed by atoms with Crippen molar-refractivity contribution in [2.75, 3.05) is 19.6 Å². The second-order valence-corrected chi connectivity index (χ2v) is 7.54. The van der Waals surface area contributed by atoms with Crippen LogP contribution in [0.2, 0.25) is 0 Å². The van der Waals surface area contributed by atoms with Gasteiger partial charge in [-0.05, 0) is 31.7 Å². The highest BCUT2D eigenvalue weighted by Gasteiger charge is 2.51. The van der Waals surface area contributed by atoms with Crippen LogP contribution in [0.4, 0.5) is 0 Å². The van der Waals surface area contributed by atoms with Gasteiger partial charge in [0, 0.05) is 43.9 Å². The standard InChI is InChI=1S/C18H22N6O2/c25-16(12-1-2-12)24-8-4-13-15(20-11-19-13)18(24)5-9-23(10-6-18)17(26)14-3-7-21-22-14/h3,7,11-12H,1-2,4-6,8-10H2,(H,19,20)(H,21,22). The second-order valence-electron chi connectivity index (χ2n) is 7.54. The Morgan fingerprint density at radius 1 is 1.19 bits per heavy atom. The maximum absolute atomic E-state index is 13.0. The predicted octanol–water partition coefficient (Wildman–Crippen LogP) is 1.06. The maximum Gasteiger partial charge on any atom is 0.271 e. The Morgan fingerprint density at radius 3 is 2.69 bits per heavy atom. The van der Waals surface area contributed by atoms with Crippen LogP contribution < -0.4 is 0 Å². The van der Waals surface area contributed by atoms with Crippen LogP contribution in [0.25, 0.3) is 0 Å². The number of rotatable bonds is 2. The van der Waals surface area contributed by atoms with Gasteiger partial charge in [-0.3, -0.25) is 14.7 Å². The zero-order valence-corrected chi connectivity index (χ0v) is 14.6. The number of hydrogen-bond donors (Lipinski definition) is 2. The van der Waals surface area contributed by atoms with Crippen molar-refractivity contribution in [3.63, 3.8) is 0 Å². The number of nitrogens with zero attached hydrogens (tertiary/aromatic N) is 4. The van der Waals surface area contributed by atoms with E-state index in [1.54, 1.807) is 18.6 Å². The molecule has 0 bridgehead atoms. The van der Waals surface area contributed by atoms with Crippen molar-refractivity contribution in [3.05, 3.63) is 35.7 Å². The molecule has 136 valence electrons. The number of fused-ring (bicyclic) bond motifs is 2. The van der Waals surface area contributed by atoms with Crippen molar-refractivity contribution in [1.29, 1.82) is 0 Å². The van der Waals surface area contributed by atoms with E-state index in [1.165, 1.54) is 0 Å². The van der Waals surface area contributed by atoms with Crippen LogP contribution in [0.3, 0.4) is 0 Å². The second kappa shape index (κ2) is 5.69. The van der Waals surface area contributed by atoms with E-state index in [9.17, 15) is 9.59 Å². The van der Waals surface area contributed by atoms with Crippen LogP contribution in [0.5, 0.6) is 0 Å². The van der Waals surface area contributed by atoms with Gasteiger partial charge in [-0.25, -0.2) is 4.98 Å². The van der Waals surface area contributed by atoms with Crippen molar-refractivity contribution in [2.24, 2.45) is 5.92 Å². The fourth-order valence-corrected chi connectivity index (χ4v) is 4.48. The van der Waals surface area contributed by atoms with Gasteiger partial charge in [0.15, 0.2) is 0 Å². The monoisotopic (exact) mass is 354 g/mol.